The fourth-order valence-corrected chi connectivity index (χ4v) is 5.07. The van der Waals surface area contributed by atoms with Crippen molar-refractivity contribution in [2.24, 2.45) is 0 Å². The molecule has 2 aliphatic heterocycles. The standard InChI is InChI=1S/C23H29FN6O2/c1-14(2)20-18-5-4-6-19(24)21(18)30(26-20)23-25-22(32-27-23)16-7-10-29(13-16)17-8-11-28(12-9-17)15(3)31/h4-6,14,16-17H,7-13H2,1-3H3. The second kappa shape index (κ2) is 8.27. The van der Waals surface area contributed by atoms with Gasteiger partial charge in [-0.05, 0) is 42.9 Å². The zero-order valence-corrected chi connectivity index (χ0v) is 18.8. The summed E-state index contributed by atoms with van der Waals surface area (Å²) in [5.74, 6) is 0.953. The molecule has 0 radical (unpaired) electrons. The van der Waals surface area contributed by atoms with Crippen LogP contribution >= 0.6 is 0 Å². The Bertz CT molecular complexity index is 1130. The van der Waals surface area contributed by atoms with Crippen molar-refractivity contribution in [3.8, 4) is 5.95 Å². The molecule has 9 heteroatoms. The molecule has 5 rings (SSSR count). The summed E-state index contributed by atoms with van der Waals surface area (Å²) in [5, 5.41) is 9.54. The van der Waals surface area contributed by atoms with Gasteiger partial charge in [0.2, 0.25) is 11.8 Å². The Labute approximate surface area is 186 Å². The van der Waals surface area contributed by atoms with E-state index in [1.54, 1.807) is 13.0 Å². The molecule has 0 N–H and O–H groups in total. The smallest absolute Gasteiger partial charge is 0.291 e. The van der Waals surface area contributed by atoms with E-state index in [0.29, 0.717) is 17.4 Å². The Morgan fingerprint density at radius 1 is 1.19 bits per heavy atom. The molecule has 170 valence electrons. The van der Waals surface area contributed by atoms with Gasteiger partial charge in [0.25, 0.3) is 5.95 Å². The van der Waals surface area contributed by atoms with Gasteiger partial charge in [-0.2, -0.15) is 14.8 Å². The lowest BCUT2D eigenvalue weighted by Crippen LogP contribution is -2.45. The number of nitrogens with zero attached hydrogens (tertiary/aromatic N) is 6. The fraction of sp³-hybridized carbons (Fsp3) is 0.565. The molecule has 0 saturated carbocycles. The molecule has 1 unspecified atom stereocenters. The average Bonchev–Trinajstić information content (AvgIpc) is 3.51. The number of amides is 1. The van der Waals surface area contributed by atoms with E-state index in [1.165, 1.54) is 10.7 Å². The van der Waals surface area contributed by atoms with Crippen LogP contribution in [0.4, 0.5) is 4.39 Å². The van der Waals surface area contributed by atoms with Crippen LogP contribution in [-0.2, 0) is 4.79 Å². The van der Waals surface area contributed by atoms with E-state index in [1.807, 2.05) is 24.8 Å². The fourth-order valence-electron chi connectivity index (χ4n) is 5.07. The lowest BCUT2D eigenvalue weighted by molar-refractivity contribution is -0.130. The topological polar surface area (TPSA) is 80.3 Å². The molecule has 1 aromatic carbocycles. The van der Waals surface area contributed by atoms with Crippen molar-refractivity contribution in [1.29, 1.82) is 0 Å². The molecule has 2 aromatic heterocycles. The molecule has 8 nitrogen and oxygen atoms in total. The minimum Gasteiger partial charge on any atom is -0.343 e. The number of fused-ring (bicyclic) bond motifs is 1. The van der Waals surface area contributed by atoms with Crippen LogP contribution in [0.3, 0.4) is 0 Å². The first-order valence-corrected chi connectivity index (χ1v) is 11.4. The van der Waals surface area contributed by atoms with Crippen LogP contribution in [-0.4, -0.2) is 67.8 Å². The van der Waals surface area contributed by atoms with Crippen molar-refractivity contribution >= 4 is 16.8 Å². The van der Waals surface area contributed by atoms with E-state index in [2.05, 4.69) is 20.1 Å². The van der Waals surface area contributed by atoms with Gasteiger partial charge in [-0.1, -0.05) is 26.0 Å². The molecule has 1 amide bonds. The molecular formula is C23H29FN6O2. The quantitative estimate of drug-likeness (QED) is 0.618. The molecule has 32 heavy (non-hydrogen) atoms. The van der Waals surface area contributed by atoms with Gasteiger partial charge in [-0.3, -0.25) is 9.69 Å². The molecular weight excluding hydrogens is 411 g/mol. The van der Waals surface area contributed by atoms with E-state index in [9.17, 15) is 9.18 Å². The summed E-state index contributed by atoms with van der Waals surface area (Å²) in [5.41, 5.74) is 1.20. The first-order chi connectivity index (χ1) is 15.4. The Morgan fingerprint density at radius 3 is 2.69 bits per heavy atom. The van der Waals surface area contributed by atoms with Gasteiger partial charge in [0, 0.05) is 38.0 Å². The van der Waals surface area contributed by atoms with Crippen LogP contribution < -0.4 is 0 Å². The number of aromatic nitrogens is 4. The van der Waals surface area contributed by atoms with Gasteiger partial charge in [0.15, 0.2) is 0 Å². The zero-order chi connectivity index (χ0) is 22.4. The maximum atomic E-state index is 14.7. The molecule has 3 aromatic rings. The Kier molecular flexibility index (Phi) is 5.44. The van der Waals surface area contributed by atoms with E-state index < -0.39 is 0 Å². The first-order valence-electron chi connectivity index (χ1n) is 11.4. The van der Waals surface area contributed by atoms with Crippen LogP contribution in [0, 0.1) is 5.82 Å². The summed E-state index contributed by atoms with van der Waals surface area (Å²) in [6, 6.07) is 5.49. The number of likely N-dealkylation sites (tertiary alicyclic amines) is 2. The molecule has 0 spiro atoms. The van der Waals surface area contributed by atoms with Gasteiger partial charge in [0.05, 0.1) is 11.6 Å². The molecule has 1 atom stereocenters. The number of hydrogen-bond acceptors (Lipinski definition) is 6. The normalized spacial score (nSPS) is 20.7. The highest BCUT2D eigenvalue weighted by Crippen LogP contribution is 2.32. The van der Waals surface area contributed by atoms with Crippen molar-refractivity contribution < 1.29 is 13.7 Å². The number of carbonyl (C=O) groups is 1. The maximum Gasteiger partial charge on any atom is 0.291 e. The van der Waals surface area contributed by atoms with Crippen LogP contribution in [0.5, 0.6) is 0 Å². The summed E-state index contributed by atoms with van der Waals surface area (Å²) in [6.45, 7) is 9.18. The predicted octanol–water partition coefficient (Wildman–Crippen LogP) is 3.47. The van der Waals surface area contributed by atoms with Gasteiger partial charge >= 0.3 is 0 Å². The van der Waals surface area contributed by atoms with Crippen molar-refractivity contribution in [3.63, 3.8) is 0 Å². The Morgan fingerprint density at radius 2 is 1.97 bits per heavy atom. The molecule has 4 heterocycles. The van der Waals surface area contributed by atoms with Crippen LogP contribution in [0.25, 0.3) is 16.9 Å². The number of rotatable bonds is 4. The summed E-state index contributed by atoms with van der Waals surface area (Å²) < 4.78 is 21.8. The first kappa shape index (κ1) is 21.1. The monoisotopic (exact) mass is 440 g/mol. The Hall–Kier alpha value is -2.81. The van der Waals surface area contributed by atoms with Crippen molar-refractivity contribution in [2.75, 3.05) is 26.2 Å². The van der Waals surface area contributed by atoms with Gasteiger partial charge in [0.1, 0.15) is 11.3 Å². The van der Waals surface area contributed by atoms with Crippen LogP contribution in [0.1, 0.15) is 63.5 Å². The number of piperidine rings is 1. The number of carbonyl (C=O) groups excluding carboxylic acids is 1. The number of para-hydroxylation sites is 1. The van der Waals surface area contributed by atoms with Crippen LogP contribution in [0.2, 0.25) is 0 Å². The molecule has 2 fully saturated rings. The highest BCUT2D eigenvalue weighted by atomic mass is 19.1. The largest absolute Gasteiger partial charge is 0.343 e. The minimum absolute atomic E-state index is 0.143. The molecule has 2 saturated heterocycles. The van der Waals surface area contributed by atoms with E-state index in [0.717, 1.165) is 56.5 Å². The van der Waals surface area contributed by atoms with Crippen molar-refractivity contribution in [2.45, 2.75) is 57.9 Å². The molecule has 2 aliphatic rings. The lowest BCUT2D eigenvalue weighted by atomic mass is 10.0. The van der Waals surface area contributed by atoms with Gasteiger partial charge < -0.3 is 9.42 Å². The zero-order valence-electron chi connectivity index (χ0n) is 18.8. The summed E-state index contributed by atoms with van der Waals surface area (Å²) in [7, 11) is 0. The molecule has 0 aliphatic carbocycles. The van der Waals surface area contributed by atoms with Gasteiger partial charge in [-0.15, -0.1) is 0 Å². The summed E-state index contributed by atoms with van der Waals surface area (Å²) in [6.07, 6.45) is 2.94. The second-order valence-electron chi connectivity index (χ2n) is 9.24. The van der Waals surface area contributed by atoms with E-state index >= 15 is 0 Å². The average molecular weight is 441 g/mol. The number of halogens is 1. The SMILES string of the molecule is CC(=O)N1CCC(N2CCC(c3nc(-n4nc(C(C)C)c5cccc(F)c54)no3)C2)CC1. The Balaban J connectivity index is 1.34. The van der Waals surface area contributed by atoms with Gasteiger partial charge in [-0.25, -0.2) is 4.39 Å². The predicted molar refractivity (Wildman–Crippen MR) is 117 cm³/mol. The van der Waals surface area contributed by atoms with E-state index in [-0.39, 0.29) is 29.5 Å². The molecule has 0 bridgehead atoms. The summed E-state index contributed by atoms with van der Waals surface area (Å²) in [4.78, 5) is 20.6. The third-order valence-corrected chi connectivity index (χ3v) is 6.84. The second-order valence-corrected chi connectivity index (χ2v) is 9.24. The third-order valence-electron chi connectivity index (χ3n) is 6.84. The van der Waals surface area contributed by atoms with Crippen molar-refractivity contribution in [3.05, 3.63) is 35.6 Å². The summed E-state index contributed by atoms with van der Waals surface area (Å²) >= 11 is 0. The van der Waals surface area contributed by atoms with Crippen molar-refractivity contribution in [1.82, 2.24) is 29.7 Å². The minimum atomic E-state index is -0.350. The number of hydrogen-bond donors (Lipinski definition) is 0. The van der Waals surface area contributed by atoms with Crippen LogP contribution in [0.15, 0.2) is 22.7 Å². The maximum absolute atomic E-state index is 14.7. The number of benzene rings is 1. The highest BCUT2D eigenvalue weighted by Gasteiger charge is 2.34. The highest BCUT2D eigenvalue weighted by molar-refractivity contribution is 5.84. The lowest BCUT2D eigenvalue weighted by Gasteiger charge is -2.36. The van der Waals surface area contributed by atoms with E-state index in [4.69, 9.17) is 4.52 Å². The third kappa shape index (κ3) is 3.68.